The van der Waals surface area contributed by atoms with E-state index in [9.17, 15) is 4.39 Å². The van der Waals surface area contributed by atoms with Crippen LogP contribution >= 0.6 is 12.6 Å². The quantitative estimate of drug-likeness (QED) is 0.589. The molecule has 0 atom stereocenters. The van der Waals surface area contributed by atoms with Crippen molar-refractivity contribution in [3.05, 3.63) is 35.9 Å². The van der Waals surface area contributed by atoms with Crippen LogP contribution < -0.4 is 5.73 Å². The van der Waals surface area contributed by atoms with E-state index in [-0.39, 0.29) is 0 Å². The Morgan fingerprint density at radius 3 is 2.75 bits per heavy atom. The number of hydrogen-bond donors (Lipinski definition) is 2. The number of nitrogen functional groups attached to an aromatic ring is 1. The number of rotatable bonds is 1. The van der Waals surface area contributed by atoms with Gasteiger partial charge < -0.3 is 5.73 Å². The molecule has 0 radical (unpaired) electrons. The third-order valence-electron chi connectivity index (χ3n) is 2.21. The molecule has 0 fully saturated rings. The highest BCUT2D eigenvalue weighted by atomic mass is 32.1. The summed E-state index contributed by atoms with van der Waals surface area (Å²) in [6.45, 7) is 1.60. The van der Waals surface area contributed by atoms with Gasteiger partial charge in [-0.2, -0.15) is 0 Å². The predicted molar refractivity (Wildman–Crippen MR) is 63.8 cm³/mol. The summed E-state index contributed by atoms with van der Waals surface area (Å²) in [6.07, 6.45) is 1.16. The molecule has 2 N–H and O–H groups in total. The van der Waals surface area contributed by atoms with Crippen molar-refractivity contribution >= 4 is 18.3 Å². The average Bonchev–Trinajstić information content (AvgIpc) is 2.26. The smallest absolute Gasteiger partial charge is 0.162 e. The second-order valence-electron chi connectivity index (χ2n) is 3.40. The van der Waals surface area contributed by atoms with Crippen molar-refractivity contribution in [3.63, 3.8) is 0 Å². The topological polar surface area (TPSA) is 51.8 Å². The lowest BCUT2D eigenvalue weighted by molar-refractivity contribution is 0.602. The van der Waals surface area contributed by atoms with E-state index in [0.29, 0.717) is 22.1 Å². The molecular weight excluding hydrogens is 225 g/mol. The fraction of sp³-hybridized carbons (Fsp3) is 0.0909. The first-order valence-electron chi connectivity index (χ1n) is 4.66. The van der Waals surface area contributed by atoms with Crippen LogP contribution in [0, 0.1) is 12.7 Å². The fourth-order valence-electron chi connectivity index (χ4n) is 1.27. The van der Waals surface area contributed by atoms with E-state index in [0.717, 1.165) is 11.8 Å². The maximum atomic E-state index is 13.0. The third kappa shape index (κ3) is 1.99. The Kier molecular flexibility index (Phi) is 2.78. The zero-order chi connectivity index (χ0) is 11.7. The molecule has 0 saturated carbocycles. The highest BCUT2D eigenvalue weighted by Crippen LogP contribution is 2.23. The lowest BCUT2D eigenvalue weighted by Gasteiger charge is -2.04. The number of benzene rings is 1. The summed E-state index contributed by atoms with van der Waals surface area (Å²) in [5, 5.41) is 0. The molecule has 0 aliphatic heterocycles. The Bertz CT molecular complexity index is 493. The second-order valence-corrected chi connectivity index (χ2v) is 3.88. The molecule has 0 spiro atoms. The first kappa shape index (κ1) is 10.9. The first-order valence-corrected chi connectivity index (χ1v) is 5.10. The maximum Gasteiger partial charge on any atom is 0.162 e. The molecule has 16 heavy (non-hydrogen) atoms. The number of halogens is 1. The average molecular weight is 235 g/mol. The van der Waals surface area contributed by atoms with Gasteiger partial charge >= 0.3 is 0 Å². The minimum Gasteiger partial charge on any atom is -0.398 e. The molecule has 2 aromatic rings. The van der Waals surface area contributed by atoms with E-state index in [1.54, 1.807) is 25.1 Å². The third-order valence-corrected chi connectivity index (χ3v) is 2.60. The number of thiol groups is 1. The van der Waals surface area contributed by atoms with Crippen molar-refractivity contribution in [2.45, 2.75) is 11.8 Å². The van der Waals surface area contributed by atoms with Gasteiger partial charge in [0.05, 0.1) is 11.9 Å². The minimum atomic E-state index is -0.412. The molecule has 0 saturated heterocycles. The molecule has 0 bridgehead atoms. The van der Waals surface area contributed by atoms with Crippen molar-refractivity contribution in [2.24, 2.45) is 0 Å². The van der Waals surface area contributed by atoms with E-state index in [2.05, 4.69) is 22.6 Å². The molecule has 3 nitrogen and oxygen atoms in total. The van der Waals surface area contributed by atoms with Crippen LogP contribution in [0.2, 0.25) is 0 Å². The summed E-state index contributed by atoms with van der Waals surface area (Å²) < 4.78 is 13.0. The second kappa shape index (κ2) is 4.09. The van der Waals surface area contributed by atoms with Crippen LogP contribution in [0.5, 0.6) is 0 Å². The summed E-state index contributed by atoms with van der Waals surface area (Å²) in [5.74, 6) is 0.0551. The van der Waals surface area contributed by atoms with Crippen LogP contribution in [0.15, 0.2) is 29.3 Å². The zero-order valence-corrected chi connectivity index (χ0v) is 9.50. The Balaban J connectivity index is 2.50. The van der Waals surface area contributed by atoms with Gasteiger partial charge in [0.2, 0.25) is 0 Å². The molecule has 0 aliphatic rings. The van der Waals surface area contributed by atoms with Gasteiger partial charge in [0.1, 0.15) is 0 Å². The first-order chi connectivity index (χ1) is 7.58. The molecule has 0 unspecified atom stereocenters. The van der Waals surface area contributed by atoms with Crippen molar-refractivity contribution in [1.82, 2.24) is 9.97 Å². The van der Waals surface area contributed by atoms with Gasteiger partial charge in [-0.3, -0.25) is 0 Å². The number of nitrogens with zero attached hydrogens (tertiary/aromatic N) is 2. The van der Waals surface area contributed by atoms with Gasteiger partial charge in [-0.15, -0.1) is 12.6 Å². The maximum absolute atomic E-state index is 13.0. The SMILES string of the molecule is Cc1nc(-c2ccc(N)c(S)c2)ncc1F. The summed E-state index contributed by atoms with van der Waals surface area (Å²) in [6, 6.07) is 5.26. The summed E-state index contributed by atoms with van der Waals surface area (Å²) in [7, 11) is 0. The highest BCUT2D eigenvalue weighted by Gasteiger charge is 2.06. The van der Waals surface area contributed by atoms with Crippen LogP contribution in [0.4, 0.5) is 10.1 Å². The number of nitrogens with two attached hydrogens (primary N) is 1. The Hall–Kier alpha value is -1.62. The van der Waals surface area contributed by atoms with Crippen LogP contribution in [0.1, 0.15) is 5.69 Å². The molecule has 5 heteroatoms. The summed E-state index contributed by atoms with van der Waals surface area (Å²) in [5.41, 5.74) is 7.32. The van der Waals surface area contributed by atoms with Crippen molar-refractivity contribution < 1.29 is 4.39 Å². The summed E-state index contributed by atoms with van der Waals surface area (Å²) in [4.78, 5) is 8.63. The van der Waals surface area contributed by atoms with Gasteiger partial charge in [0, 0.05) is 16.1 Å². The van der Waals surface area contributed by atoms with Crippen molar-refractivity contribution in [1.29, 1.82) is 0 Å². The molecule has 1 aromatic heterocycles. The molecule has 2 rings (SSSR count). The van der Waals surface area contributed by atoms with E-state index in [1.807, 2.05) is 0 Å². The van der Waals surface area contributed by atoms with Gasteiger partial charge in [-0.25, -0.2) is 14.4 Å². The van der Waals surface area contributed by atoms with E-state index < -0.39 is 5.82 Å². The van der Waals surface area contributed by atoms with Crippen LogP contribution in [-0.2, 0) is 0 Å². The zero-order valence-electron chi connectivity index (χ0n) is 8.61. The predicted octanol–water partition coefficient (Wildman–Crippen LogP) is 2.46. The van der Waals surface area contributed by atoms with Crippen molar-refractivity contribution in [3.8, 4) is 11.4 Å². The molecule has 1 heterocycles. The van der Waals surface area contributed by atoms with Crippen molar-refractivity contribution in [2.75, 3.05) is 5.73 Å². The lowest BCUT2D eigenvalue weighted by Crippen LogP contribution is -1.95. The van der Waals surface area contributed by atoms with Crippen LogP contribution in [0.25, 0.3) is 11.4 Å². The molecule has 0 aliphatic carbocycles. The number of aromatic nitrogens is 2. The summed E-state index contributed by atoms with van der Waals surface area (Å²) >= 11 is 4.21. The number of aryl methyl sites for hydroxylation is 1. The van der Waals surface area contributed by atoms with E-state index in [4.69, 9.17) is 5.73 Å². The fourth-order valence-corrected chi connectivity index (χ4v) is 1.49. The van der Waals surface area contributed by atoms with Crippen LogP contribution in [-0.4, -0.2) is 9.97 Å². The molecule has 82 valence electrons. The largest absolute Gasteiger partial charge is 0.398 e. The van der Waals surface area contributed by atoms with Gasteiger partial charge in [0.15, 0.2) is 11.6 Å². The highest BCUT2D eigenvalue weighted by molar-refractivity contribution is 7.80. The van der Waals surface area contributed by atoms with E-state index in [1.165, 1.54) is 0 Å². The molecular formula is C11H10FN3S. The Morgan fingerprint density at radius 1 is 1.38 bits per heavy atom. The monoisotopic (exact) mass is 235 g/mol. The standard InChI is InChI=1S/C11H10FN3S/c1-6-8(12)5-14-11(15-6)7-2-3-9(13)10(16)4-7/h2-5,16H,13H2,1H3. The molecule has 1 aromatic carbocycles. The Morgan fingerprint density at radius 2 is 2.12 bits per heavy atom. The normalized spacial score (nSPS) is 10.4. The molecule has 0 amide bonds. The number of anilines is 1. The van der Waals surface area contributed by atoms with Gasteiger partial charge in [-0.05, 0) is 25.1 Å². The minimum absolute atomic E-state index is 0.322. The van der Waals surface area contributed by atoms with Gasteiger partial charge in [0.25, 0.3) is 0 Å². The Labute approximate surface area is 98.0 Å². The van der Waals surface area contributed by atoms with E-state index >= 15 is 0 Å². The van der Waals surface area contributed by atoms with Gasteiger partial charge in [-0.1, -0.05) is 0 Å². The lowest BCUT2D eigenvalue weighted by atomic mass is 10.2. The number of hydrogen-bond acceptors (Lipinski definition) is 4. The van der Waals surface area contributed by atoms with Crippen LogP contribution in [0.3, 0.4) is 0 Å².